The molecule has 18 heteroatoms. The van der Waals surface area contributed by atoms with Gasteiger partial charge in [0.15, 0.2) is 0 Å². The Labute approximate surface area is 139 Å². The normalized spacial score (nSPS) is 43.1. The van der Waals surface area contributed by atoms with Crippen molar-refractivity contribution < 1.29 is 79.0 Å². The van der Waals surface area contributed by atoms with Crippen molar-refractivity contribution in [1.29, 1.82) is 0 Å². The van der Waals surface area contributed by atoms with Crippen molar-refractivity contribution in [2.75, 3.05) is 0 Å². The molecule has 166 valence electrons. The predicted molar refractivity (Wildman–Crippen MR) is 47.3 cm³/mol. The van der Waals surface area contributed by atoms with Gasteiger partial charge in [-0.25, -0.2) is 8.78 Å². The van der Waals surface area contributed by atoms with Crippen molar-refractivity contribution >= 4 is 0 Å². The number of rotatable bonds is 0. The van der Waals surface area contributed by atoms with Crippen molar-refractivity contribution in [3.8, 4) is 0 Å². The summed E-state index contributed by atoms with van der Waals surface area (Å²) in [6.07, 6.45) is 0. The smallest absolute Gasteiger partial charge is 0.226 e. The van der Waals surface area contributed by atoms with Crippen LogP contribution in [-0.4, -0.2) is 58.7 Å². The Bertz CT molecular complexity index is 647. The topological polar surface area (TPSA) is 0 Å². The SMILES string of the molecule is FC1(F)C(F)(F)C(F)(F)C2(F)C(F)(F)C(F)(F)C(F)(F)C2(F)C(F)(F)C1(F)F. The fourth-order valence-electron chi connectivity index (χ4n) is 2.91. The Morgan fingerprint density at radius 3 is 0.464 bits per heavy atom. The minimum atomic E-state index is -8.64. The van der Waals surface area contributed by atoms with Crippen LogP contribution in [0.5, 0.6) is 0 Å². The summed E-state index contributed by atoms with van der Waals surface area (Å²) >= 11 is 0. The average Bonchev–Trinajstić information content (AvgIpc) is 2.55. The molecule has 2 fully saturated rings. The van der Waals surface area contributed by atoms with Crippen LogP contribution in [0.25, 0.3) is 0 Å². The molecule has 0 amide bonds. The Balaban J connectivity index is 3.27. The molecule has 0 heterocycles. The van der Waals surface area contributed by atoms with Crippen LogP contribution in [-0.2, 0) is 0 Å². The monoisotopic (exact) mass is 462 g/mol. The summed E-state index contributed by atoms with van der Waals surface area (Å²) < 4.78 is 241. The van der Waals surface area contributed by atoms with Gasteiger partial charge in [0.05, 0.1) is 0 Å². The number of hydrogen-bond donors (Lipinski definition) is 0. The van der Waals surface area contributed by atoms with Crippen LogP contribution in [0.3, 0.4) is 0 Å². The van der Waals surface area contributed by atoms with Crippen LogP contribution < -0.4 is 0 Å². The Morgan fingerprint density at radius 2 is 0.286 bits per heavy atom. The molecule has 0 aromatic rings. The molecule has 2 saturated carbocycles. The molecule has 0 aromatic carbocycles. The molecule has 2 unspecified atom stereocenters. The molecule has 0 aromatic heterocycles. The summed E-state index contributed by atoms with van der Waals surface area (Å²) in [4.78, 5) is 0. The second-order valence-corrected chi connectivity index (χ2v) is 5.91. The molecule has 2 rings (SSSR count). The number of hydrogen-bond acceptors (Lipinski definition) is 0. The van der Waals surface area contributed by atoms with Gasteiger partial charge in [-0.1, -0.05) is 0 Å². The predicted octanol–water partition coefficient (Wildman–Crippen LogP) is 5.51. The lowest BCUT2D eigenvalue weighted by atomic mass is 9.76. The summed E-state index contributed by atoms with van der Waals surface area (Å²) in [6.45, 7) is 0. The summed E-state index contributed by atoms with van der Waals surface area (Å²) in [7, 11) is 0. The first kappa shape index (κ1) is 23.0. The molecule has 0 spiro atoms. The quantitative estimate of drug-likeness (QED) is 0.417. The maximum atomic E-state index is 14.2. The van der Waals surface area contributed by atoms with E-state index in [1.165, 1.54) is 0 Å². The molecule has 0 radical (unpaired) electrons. The highest BCUT2D eigenvalue weighted by atomic mass is 19.4. The van der Waals surface area contributed by atoms with Crippen molar-refractivity contribution in [3.63, 3.8) is 0 Å². The maximum absolute atomic E-state index is 14.2. The van der Waals surface area contributed by atoms with E-state index in [1.807, 2.05) is 0 Å². The Hall–Kier alpha value is -1.26. The van der Waals surface area contributed by atoms with Gasteiger partial charge in [0, 0.05) is 0 Å². The minimum absolute atomic E-state index is 8.07. The van der Waals surface area contributed by atoms with Crippen LogP contribution in [0.4, 0.5) is 79.0 Å². The van der Waals surface area contributed by atoms with E-state index in [4.69, 9.17) is 0 Å². The molecule has 2 atom stereocenters. The van der Waals surface area contributed by atoms with Crippen LogP contribution >= 0.6 is 0 Å². The fourth-order valence-corrected chi connectivity index (χ4v) is 2.91. The number of halogens is 18. The highest BCUT2D eigenvalue weighted by molar-refractivity contribution is 5.43. The van der Waals surface area contributed by atoms with Gasteiger partial charge >= 0.3 is 47.4 Å². The van der Waals surface area contributed by atoms with Gasteiger partial charge in [-0.2, -0.15) is 70.2 Å². The van der Waals surface area contributed by atoms with Crippen molar-refractivity contribution in [1.82, 2.24) is 0 Å². The van der Waals surface area contributed by atoms with E-state index >= 15 is 0 Å². The van der Waals surface area contributed by atoms with Crippen LogP contribution in [0.15, 0.2) is 0 Å². The van der Waals surface area contributed by atoms with Gasteiger partial charge < -0.3 is 0 Å². The lowest BCUT2D eigenvalue weighted by Gasteiger charge is -2.42. The van der Waals surface area contributed by atoms with Crippen molar-refractivity contribution in [2.45, 2.75) is 58.7 Å². The maximum Gasteiger partial charge on any atom is 0.384 e. The fraction of sp³-hybridized carbons (Fsp3) is 1.00. The zero-order chi connectivity index (χ0) is 23.0. The van der Waals surface area contributed by atoms with Crippen molar-refractivity contribution in [3.05, 3.63) is 0 Å². The second kappa shape index (κ2) is 4.57. The minimum Gasteiger partial charge on any atom is -0.226 e. The van der Waals surface area contributed by atoms with E-state index < -0.39 is 58.7 Å². The van der Waals surface area contributed by atoms with Gasteiger partial charge in [0.25, 0.3) is 11.3 Å². The van der Waals surface area contributed by atoms with Gasteiger partial charge in [-0.3, -0.25) is 0 Å². The molecule has 28 heavy (non-hydrogen) atoms. The lowest BCUT2D eigenvalue weighted by Crippen LogP contribution is -2.75. The molecule has 2 aliphatic rings. The molecule has 0 bridgehead atoms. The van der Waals surface area contributed by atoms with Gasteiger partial charge in [-0.05, 0) is 0 Å². The second-order valence-electron chi connectivity index (χ2n) is 5.91. The highest BCUT2D eigenvalue weighted by Crippen LogP contribution is 2.81. The van der Waals surface area contributed by atoms with E-state index in [0.29, 0.717) is 0 Å². The molecule has 0 nitrogen and oxygen atoms in total. The van der Waals surface area contributed by atoms with E-state index in [9.17, 15) is 79.0 Å². The Kier molecular flexibility index (Phi) is 3.75. The van der Waals surface area contributed by atoms with E-state index in [2.05, 4.69) is 0 Å². The third-order valence-corrected chi connectivity index (χ3v) is 4.57. The Morgan fingerprint density at radius 1 is 0.179 bits per heavy atom. The van der Waals surface area contributed by atoms with Gasteiger partial charge in [0.2, 0.25) is 0 Å². The third-order valence-electron chi connectivity index (χ3n) is 4.57. The summed E-state index contributed by atoms with van der Waals surface area (Å²) in [6, 6.07) is 0. The first-order valence-electron chi connectivity index (χ1n) is 6.15. The lowest BCUT2D eigenvalue weighted by molar-refractivity contribution is -0.412. The third kappa shape index (κ3) is 1.46. The first-order valence-corrected chi connectivity index (χ1v) is 6.15. The molecule has 0 saturated heterocycles. The zero-order valence-corrected chi connectivity index (χ0v) is 11.8. The van der Waals surface area contributed by atoms with Gasteiger partial charge in [0.1, 0.15) is 0 Å². The van der Waals surface area contributed by atoms with E-state index in [-0.39, 0.29) is 0 Å². The zero-order valence-electron chi connectivity index (χ0n) is 11.8. The van der Waals surface area contributed by atoms with Crippen LogP contribution in [0.2, 0.25) is 0 Å². The van der Waals surface area contributed by atoms with E-state index in [1.54, 1.807) is 0 Å². The summed E-state index contributed by atoms with van der Waals surface area (Å²) in [5.41, 5.74) is -17.3. The number of alkyl halides is 18. The average molecular weight is 462 g/mol. The summed E-state index contributed by atoms with van der Waals surface area (Å²) in [5, 5.41) is 0. The highest BCUT2D eigenvalue weighted by Gasteiger charge is 3.15. The standard InChI is InChI=1S/C10F18/c11-1-2(12,4(15,16)7(21,22)3(1,13)14)6(19,20)9(25,26)10(27,28)8(23,24)5(1,17)18. The van der Waals surface area contributed by atoms with Crippen molar-refractivity contribution in [2.24, 2.45) is 0 Å². The molecular formula is C10F18. The van der Waals surface area contributed by atoms with E-state index in [0.717, 1.165) is 0 Å². The molecule has 2 aliphatic carbocycles. The first-order chi connectivity index (χ1) is 11.8. The molecule has 0 aliphatic heterocycles. The largest absolute Gasteiger partial charge is 0.384 e. The molecule has 0 N–H and O–H groups in total. The number of fused-ring (bicyclic) bond motifs is 1. The van der Waals surface area contributed by atoms with Gasteiger partial charge in [-0.15, -0.1) is 0 Å². The van der Waals surface area contributed by atoms with Crippen LogP contribution in [0, 0.1) is 0 Å². The summed E-state index contributed by atoms with van der Waals surface area (Å²) in [5.74, 6) is -67.4. The molecular weight excluding hydrogens is 462 g/mol. The van der Waals surface area contributed by atoms with Crippen LogP contribution in [0.1, 0.15) is 0 Å².